The molecule has 0 atom stereocenters. The molecular weight excluding hydrogens is 288 g/mol. The maximum absolute atomic E-state index is 13.6. The summed E-state index contributed by atoms with van der Waals surface area (Å²) in [4.78, 5) is 18.0. The van der Waals surface area contributed by atoms with Crippen molar-refractivity contribution in [3.63, 3.8) is 0 Å². The molecule has 0 saturated heterocycles. The number of rotatable bonds is 1. The fourth-order valence-corrected chi connectivity index (χ4v) is 1.95. The number of H-pyrrole nitrogens is 1. The van der Waals surface area contributed by atoms with Crippen LogP contribution in [-0.2, 0) is 0 Å². The van der Waals surface area contributed by atoms with E-state index in [9.17, 15) is 22.4 Å². The molecule has 0 spiro atoms. The van der Waals surface area contributed by atoms with Gasteiger partial charge in [0.05, 0.1) is 5.52 Å². The molecule has 0 amide bonds. The lowest BCUT2D eigenvalue weighted by Gasteiger charge is -2.05. The third-order valence-electron chi connectivity index (χ3n) is 2.95. The minimum absolute atomic E-state index is 0.00194. The van der Waals surface area contributed by atoms with Gasteiger partial charge in [-0.25, -0.2) is 22.5 Å². The number of hydrogen-bond acceptors (Lipinski definition) is 2. The van der Waals surface area contributed by atoms with E-state index in [0.29, 0.717) is 11.6 Å². The lowest BCUT2D eigenvalue weighted by Crippen LogP contribution is -2.13. The molecule has 0 aliphatic rings. The van der Waals surface area contributed by atoms with E-state index in [1.165, 1.54) is 12.1 Å². The number of fused-ring (bicyclic) bond motifs is 1. The Morgan fingerprint density at radius 2 is 1.62 bits per heavy atom. The molecule has 106 valence electrons. The average Bonchev–Trinajstić information content (AvgIpc) is 2.45. The van der Waals surface area contributed by atoms with Crippen LogP contribution in [0.2, 0.25) is 0 Å². The highest BCUT2D eigenvalue weighted by Gasteiger charge is 2.18. The Labute approximate surface area is 114 Å². The molecule has 0 aliphatic carbocycles. The minimum atomic E-state index is -1.73. The van der Waals surface area contributed by atoms with Crippen LogP contribution >= 0.6 is 0 Å². The van der Waals surface area contributed by atoms with E-state index in [4.69, 9.17) is 0 Å². The second-order valence-corrected chi connectivity index (χ2v) is 4.30. The van der Waals surface area contributed by atoms with Crippen molar-refractivity contribution < 1.29 is 17.6 Å². The van der Waals surface area contributed by atoms with Crippen molar-refractivity contribution in [1.82, 2.24) is 9.97 Å². The molecule has 1 aromatic heterocycles. The summed E-state index contributed by atoms with van der Waals surface area (Å²) in [5.41, 5.74) is -0.925. The Balaban J connectivity index is 2.31. The van der Waals surface area contributed by atoms with Crippen molar-refractivity contribution >= 4 is 10.9 Å². The smallest absolute Gasteiger partial charge is 0.262 e. The summed E-state index contributed by atoms with van der Waals surface area (Å²) in [6.45, 7) is 0. The van der Waals surface area contributed by atoms with Crippen LogP contribution in [0.4, 0.5) is 17.6 Å². The first-order valence-corrected chi connectivity index (χ1v) is 5.81. The molecule has 3 aromatic rings. The number of benzene rings is 2. The van der Waals surface area contributed by atoms with Gasteiger partial charge in [-0.1, -0.05) is 0 Å². The summed E-state index contributed by atoms with van der Waals surface area (Å²) in [6, 6.07) is 5.61. The minimum Gasteiger partial charge on any atom is -0.306 e. The van der Waals surface area contributed by atoms with Crippen molar-refractivity contribution in [3.05, 3.63) is 64.0 Å². The van der Waals surface area contributed by atoms with E-state index in [1.54, 1.807) is 0 Å². The maximum Gasteiger partial charge on any atom is 0.262 e. The molecule has 7 heteroatoms. The van der Waals surface area contributed by atoms with Crippen LogP contribution in [0.15, 0.2) is 35.1 Å². The van der Waals surface area contributed by atoms with Gasteiger partial charge in [-0.15, -0.1) is 0 Å². The third kappa shape index (κ3) is 2.16. The molecule has 1 heterocycles. The quantitative estimate of drug-likeness (QED) is 0.553. The monoisotopic (exact) mass is 294 g/mol. The molecule has 0 aliphatic heterocycles. The summed E-state index contributed by atoms with van der Waals surface area (Å²) in [5.74, 6) is -5.25. The first-order valence-electron chi connectivity index (χ1n) is 5.81. The molecule has 2 aromatic carbocycles. The van der Waals surface area contributed by atoms with Crippen LogP contribution < -0.4 is 5.56 Å². The Bertz CT molecular complexity index is 903. The van der Waals surface area contributed by atoms with E-state index < -0.39 is 34.2 Å². The molecule has 3 rings (SSSR count). The predicted octanol–water partition coefficient (Wildman–Crippen LogP) is 3.15. The fourth-order valence-electron chi connectivity index (χ4n) is 1.95. The zero-order valence-electron chi connectivity index (χ0n) is 10.3. The van der Waals surface area contributed by atoms with Crippen molar-refractivity contribution in [2.75, 3.05) is 0 Å². The van der Waals surface area contributed by atoms with Gasteiger partial charge in [-0.3, -0.25) is 4.79 Å². The summed E-state index contributed by atoms with van der Waals surface area (Å²) in [7, 11) is 0. The molecule has 1 N–H and O–H groups in total. The summed E-state index contributed by atoms with van der Waals surface area (Å²) < 4.78 is 52.8. The van der Waals surface area contributed by atoms with E-state index in [-0.39, 0.29) is 11.3 Å². The Morgan fingerprint density at radius 3 is 2.29 bits per heavy atom. The first kappa shape index (κ1) is 13.3. The van der Waals surface area contributed by atoms with Crippen molar-refractivity contribution in [1.29, 1.82) is 0 Å². The average molecular weight is 294 g/mol. The highest BCUT2D eigenvalue weighted by atomic mass is 19.2. The SMILES string of the molecule is O=c1[nH]c(-c2ccc(F)cc2)nc2cc(F)c(F)c(F)c12. The van der Waals surface area contributed by atoms with Crippen LogP contribution in [-0.4, -0.2) is 9.97 Å². The fraction of sp³-hybridized carbons (Fsp3) is 0. The van der Waals surface area contributed by atoms with Gasteiger partial charge in [0.1, 0.15) is 17.0 Å². The number of hydrogen-bond donors (Lipinski definition) is 1. The Morgan fingerprint density at radius 1 is 0.952 bits per heavy atom. The number of halogens is 4. The Kier molecular flexibility index (Phi) is 2.97. The van der Waals surface area contributed by atoms with Crippen LogP contribution in [0.3, 0.4) is 0 Å². The molecule has 0 radical (unpaired) electrons. The van der Waals surface area contributed by atoms with Gasteiger partial charge in [0, 0.05) is 11.6 Å². The Hall–Kier alpha value is -2.70. The number of nitrogens with one attached hydrogen (secondary N) is 1. The highest BCUT2D eigenvalue weighted by Crippen LogP contribution is 2.21. The largest absolute Gasteiger partial charge is 0.306 e. The molecule has 3 nitrogen and oxygen atoms in total. The number of nitrogens with zero attached hydrogens (tertiary/aromatic N) is 1. The van der Waals surface area contributed by atoms with E-state index >= 15 is 0 Å². The zero-order chi connectivity index (χ0) is 15.1. The van der Waals surface area contributed by atoms with Crippen molar-refractivity contribution in [3.8, 4) is 11.4 Å². The molecule has 0 saturated carbocycles. The van der Waals surface area contributed by atoms with Gasteiger partial charge in [-0.05, 0) is 24.3 Å². The maximum atomic E-state index is 13.6. The second-order valence-electron chi connectivity index (χ2n) is 4.30. The normalized spacial score (nSPS) is 11.0. The van der Waals surface area contributed by atoms with Gasteiger partial charge in [0.25, 0.3) is 5.56 Å². The molecule has 0 unspecified atom stereocenters. The summed E-state index contributed by atoms with van der Waals surface area (Å²) >= 11 is 0. The summed E-state index contributed by atoms with van der Waals surface area (Å²) in [5, 5.41) is -0.667. The topological polar surface area (TPSA) is 45.8 Å². The lowest BCUT2D eigenvalue weighted by molar-refractivity contribution is 0.453. The third-order valence-corrected chi connectivity index (χ3v) is 2.95. The number of aromatic nitrogens is 2. The van der Waals surface area contributed by atoms with Gasteiger partial charge >= 0.3 is 0 Å². The van der Waals surface area contributed by atoms with E-state index in [1.807, 2.05) is 0 Å². The second kappa shape index (κ2) is 4.69. The number of aromatic amines is 1. The molecule has 21 heavy (non-hydrogen) atoms. The van der Waals surface area contributed by atoms with Crippen LogP contribution in [0.1, 0.15) is 0 Å². The standard InChI is InChI=1S/C14H6F4N2O/c15-7-3-1-6(2-4-7)13-19-9-5-8(16)11(17)12(18)10(9)14(21)20-13/h1-5H,(H,19,20,21). The van der Waals surface area contributed by atoms with Crippen molar-refractivity contribution in [2.24, 2.45) is 0 Å². The lowest BCUT2D eigenvalue weighted by atomic mass is 10.1. The van der Waals surface area contributed by atoms with Crippen molar-refractivity contribution in [2.45, 2.75) is 0 Å². The van der Waals surface area contributed by atoms with Crippen LogP contribution in [0.5, 0.6) is 0 Å². The van der Waals surface area contributed by atoms with Gasteiger partial charge in [-0.2, -0.15) is 0 Å². The van der Waals surface area contributed by atoms with E-state index in [2.05, 4.69) is 9.97 Å². The highest BCUT2D eigenvalue weighted by molar-refractivity contribution is 5.80. The molecule has 0 fully saturated rings. The molecule has 0 bridgehead atoms. The van der Waals surface area contributed by atoms with Gasteiger partial charge in [0.2, 0.25) is 0 Å². The van der Waals surface area contributed by atoms with Crippen LogP contribution in [0.25, 0.3) is 22.3 Å². The zero-order valence-corrected chi connectivity index (χ0v) is 10.3. The first-order chi connectivity index (χ1) is 9.97. The van der Waals surface area contributed by atoms with Gasteiger partial charge in [0.15, 0.2) is 17.5 Å². The van der Waals surface area contributed by atoms with E-state index in [0.717, 1.165) is 12.1 Å². The van der Waals surface area contributed by atoms with Gasteiger partial charge < -0.3 is 4.98 Å². The predicted molar refractivity (Wildman–Crippen MR) is 67.6 cm³/mol. The van der Waals surface area contributed by atoms with Crippen LogP contribution in [0, 0.1) is 23.3 Å². The molecular formula is C14H6F4N2O. The summed E-state index contributed by atoms with van der Waals surface area (Å²) in [6.07, 6.45) is 0.